The Balaban J connectivity index is 0.00000316. The Kier molecular flexibility index (Phi) is 11.3. The van der Waals surface area contributed by atoms with Gasteiger partial charge >= 0.3 is 0 Å². The van der Waals surface area contributed by atoms with E-state index in [0.29, 0.717) is 30.6 Å². The third-order valence-electron chi connectivity index (χ3n) is 6.43. The molecule has 1 aliphatic rings. The van der Waals surface area contributed by atoms with Crippen LogP contribution in [0.2, 0.25) is 0 Å². The lowest BCUT2D eigenvalue weighted by atomic mass is 10.0. The lowest BCUT2D eigenvalue weighted by Gasteiger charge is -2.37. The van der Waals surface area contributed by atoms with Gasteiger partial charge in [-0.25, -0.2) is 4.98 Å². The van der Waals surface area contributed by atoms with E-state index >= 15 is 0 Å². The second-order valence-corrected chi connectivity index (χ2v) is 9.73. The standard InChI is InChI=1S/C26H39N5O2.C2H6.2H2/c1-17(2)13-14-24(32)28-23(16-19(4)31-15-9-8-10-18(31)3)26(33)27-20(5)25-29-21-11-6-7-12-22(21)30-25;1-2;;/h6-7,11-12,17-18,20,23H,4,8-10,13-16H2,1-3,5H3,(H,27,33)(H,28,32)(H,29,30);1-2H3;2*1H/t18-,20-,23-;;;/m0.../s1. The molecule has 0 saturated carbocycles. The molecule has 35 heavy (non-hydrogen) atoms. The third-order valence-corrected chi connectivity index (χ3v) is 6.43. The molecule has 7 nitrogen and oxygen atoms in total. The predicted octanol–water partition coefficient (Wildman–Crippen LogP) is 5.96. The molecule has 1 aromatic carbocycles. The van der Waals surface area contributed by atoms with Crippen molar-refractivity contribution in [3.05, 3.63) is 42.4 Å². The van der Waals surface area contributed by atoms with Crippen molar-refractivity contribution in [2.45, 2.75) is 98.2 Å². The number of hydrogen-bond acceptors (Lipinski definition) is 4. The van der Waals surface area contributed by atoms with Crippen molar-refractivity contribution < 1.29 is 12.4 Å². The number of imidazole rings is 1. The van der Waals surface area contributed by atoms with Crippen LogP contribution in [0.25, 0.3) is 11.0 Å². The van der Waals surface area contributed by atoms with E-state index in [2.05, 4.69) is 52.9 Å². The SMILES string of the molecule is C=C(C[C@H](NC(=O)CCC(C)C)C(=O)N[C@@H](C)c1nc2ccccc2[nH]1)N1CCCC[C@@H]1C.CC.[HH].[HH]. The van der Waals surface area contributed by atoms with E-state index in [-0.39, 0.29) is 20.7 Å². The van der Waals surface area contributed by atoms with E-state index in [1.165, 1.54) is 6.42 Å². The average molecular weight is 488 g/mol. The monoisotopic (exact) mass is 487 g/mol. The van der Waals surface area contributed by atoms with Crippen molar-refractivity contribution >= 4 is 22.8 Å². The van der Waals surface area contributed by atoms with Gasteiger partial charge in [-0.1, -0.05) is 46.4 Å². The largest absolute Gasteiger partial charge is 0.373 e. The summed E-state index contributed by atoms with van der Waals surface area (Å²) in [5, 5.41) is 6.01. The van der Waals surface area contributed by atoms with Gasteiger partial charge in [-0.3, -0.25) is 9.59 Å². The molecule has 7 heteroatoms. The number of likely N-dealkylation sites (tertiary alicyclic amines) is 1. The molecule has 0 bridgehead atoms. The van der Waals surface area contributed by atoms with Gasteiger partial charge in [-0.2, -0.15) is 0 Å². The smallest absolute Gasteiger partial charge is 0.243 e. The molecule has 1 aromatic heterocycles. The number of H-pyrrole nitrogens is 1. The molecule has 0 aliphatic carbocycles. The molecule has 2 aromatic rings. The Morgan fingerprint density at radius 3 is 2.57 bits per heavy atom. The maximum absolute atomic E-state index is 13.3. The number of piperidine rings is 1. The topological polar surface area (TPSA) is 90.1 Å². The first-order chi connectivity index (χ1) is 16.7. The van der Waals surface area contributed by atoms with E-state index in [0.717, 1.165) is 42.5 Å². The fourth-order valence-electron chi connectivity index (χ4n) is 4.38. The van der Waals surface area contributed by atoms with Crippen molar-refractivity contribution in [1.82, 2.24) is 25.5 Å². The van der Waals surface area contributed by atoms with E-state index in [1.54, 1.807) is 0 Å². The number of nitrogens with zero attached hydrogens (tertiary/aromatic N) is 2. The summed E-state index contributed by atoms with van der Waals surface area (Å²) in [6.45, 7) is 17.5. The highest BCUT2D eigenvalue weighted by molar-refractivity contribution is 5.88. The zero-order valence-corrected chi connectivity index (χ0v) is 22.5. The molecule has 1 fully saturated rings. The van der Waals surface area contributed by atoms with Gasteiger partial charge < -0.3 is 20.5 Å². The van der Waals surface area contributed by atoms with Gasteiger partial charge in [0.1, 0.15) is 11.9 Å². The van der Waals surface area contributed by atoms with Crippen LogP contribution >= 0.6 is 0 Å². The van der Waals surface area contributed by atoms with Crippen LogP contribution in [0.5, 0.6) is 0 Å². The van der Waals surface area contributed by atoms with Gasteiger partial charge in [-0.05, 0) is 57.6 Å². The number of rotatable bonds is 10. The predicted molar refractivity (Wildman–Crippen MR) is 148 cm³/mol. The fourth-order valence-corrected chi connectivity index (χ4v) is 4.38. The summed E-state index contributed by atoms with van der Waals surface area (Å²) in [5.74, 6) is 0.810. The summed E-state index contributed by atoms with van der Waals surface area (Å²) >= 11 is 0. The van der Waals surface area contributed by atoms with Gasteiger partial charge in [-0.15, -0.1) is 0 Å². The number of carbonyl (C=O) groups excluding carboxylic acids is 2. The number of para-hydroxylation sites is 2. The van der Waals surface area contributed by atoms with Gasteiger partial charge in [0.2, 0.25) is 11.8 Å². The third kappa shape index (κ3) is 8.41. The molecule has 3 rings (SSSR count). The highest BCUT2D eigenvalue weighted by Gasteiger charge is 2.27. The van der Waals surface area contributed by atoms with E-state index in [1.807, 2.05) is 45.0 Å². The number of aromatic nitrogens is 2. The van der Waals surface area contributed by atoms with Crippen molar-refractivity contribution in [2.24, 2.45) is 5.92 Å². The normalized spacial score (nSPS) is 17.3. The van der Waals surface area contributed by atoms with Crippen LogP contribution in [0.15, 0.2) is 36.5 Å². The second kappa shape index (κ2) is 13.9. The summed E-state index contributed by atoms with van der Waals surface area (Å²) in [5.41, 5.74) is 2.70. The molecular weight excluding hydrogens is 438 g/mol. The molecule has 2 heterocycles. The number of aromatic amines is 1. The minimum atomic E-state index is -0.668. The fraction of sp³-hybridized carbons (Fsp3) is 0.607. The van der Waals surface area contributed by atoms with Gasteiger partial charge in [0.15, 0.2) is 0 Å². The van der Waals surface area contributed by atoms with Crippen LogP contribution in [-0.2, 0) is 9.59 Å². The molecule has 0 radical (unpaired) electrons. The molecule has 1 saturated heterocycles. The Labute approximate surface area is 214 Å². The number of fused-ring (bicyclic) bond motifs is 1. The summed E-state index contributed by atoms with van der Waals surface area (Å²) in [6.07, 6.45) is 5.07. The second-order valence-electron chi connectivity index (χ2n) is 9.73. The van der Waals surface area contributed by atoms with Gasteiger partial charge in [0, 0.05) is 34.0 Å². The molecule has 3 atom stereocenters. The number of carbonyl (C=O) groups is 2. The zero-order valence-electron chi connectivity index (χ0n) is 22.5. The minimum Gasteiger partial charge on any atom is -0.373 e. The average Bonchev–Trinajstić information content (AvgIpc) is 3.28. The number of benzene rings is 1. The van der Waals surface area contributed by atoms with E-state index < -0.39 is 6.04 Å². The molecule has 0 unspecified atom stereocenters. The number of nitrogens with one attached hydrogen (secondary N) is 3. The summed E-state index contributed by atoms with van der Waals surface area (Å²) in [4.78, 5) is 36.0. The Morgan fingerprint density at radius 2 is 1.91 bits per heavy atom. The lowest BCUT2D eigenvalue weighted by molar-refractivity contribution is -0.129. The van der Waals surface area contributed by atoms with Crippen LogP contribution in [0.4, 0.5) is 0 Å². The summed E-state index contributed by atoms with van der Waals surface area (Å²) in [6, 6.07) is 7.20. The first-order valence-electron chi connectivity index (χ1n) is 13.2. The van der Waals surface area contributed by atoms with Crippen LogP contribution in [-0.4, -0.2) is 45.3 Å². The zero-order chi connectivity index (χ0) is 26.0. The van der Waals surface area contributed by atoms with Crippen LogP contribution in [0.3, 0.4) is 0 Å². The molecule has 3 N–H and O–H groups in total. The summed E-state index contributed by atoms with van der Waals surface area (Å²) < 4.78 is 0. The van der Waals surface area contributed by atoms with Crippen molar-refractivity contribution in [2.75, 3.05) is 6.54 Å². The lowest BCUT2D eigenvalue weighted by Crippen LogP contribution is -2.49. The maximum Gasteiger partial charge on any atom is 0.243 e. The molecule has 2 amide bonds. The number of hydrogen-bond donors (Lipinski definition) is 3. The van der Waals surface area contributed by atoms with Crippen molar-refractivity contribution in [3.63, 3.8) is 0 Å². The maximum atomic E-state index is 13.3. The first-order valence-corrected chi connectivity index (χ1v) is 13.2. The van der Waals surface area contributed by atoms with Crippen molar-refractivity contribution in [3.8, 4) is 0 Å². The van der Waals surface area contributed by atoms with Crippen LogP contribution < -0.4 is 10.6 Å². The quantitative estimate of drug-likeness (QED) is 0.386. The molecular formula is C28H49N5O2. The Morgan fingerprint density at radius 1 is 1.20 bits per heavy atom. The highest BCUT2D eigenvalue weighted by Crippen LogP contribution is 2.23. The summed E-state index contributed by atoms with van der Waals surface area (Å²) in [7, 11) is 0. The minimum absolute atomic E-state index is 0. The van der Waals surface area contributed by atoms with Gasteiger partial charge in [0.25, 0.3) is 0 Å². The van der Waals surface area contributed by atoms with E-state index in [9.17, 15) is 9.59 Å². The van der Waals surface area contributed by atoms with Gasteiger partial charge in [0.05, 0.1) is 17.1 Å². The van der Waals surface area contributed by atoms with Crippen LogP contribution in [0, 0.1) is 5.92 Å². The molecule has 1 aliphatic heterocycles. The first kappa shape index (κ1) is 28.4. The van der Waals surface area contributed by atoms with Crippen LogP contribution in [0.1, 0.15) is 94.8 Å². The Hall–Kier alpha value is -2.83. The molecule has 0 spiro atoms. The Bertz CT molecular complexity index is 945. The molecule has 198 valence electrons. The van der Waals surface area contributed by atoms with E-state index in [4.69, 9.17) is 0 Å². The van der Waals surface area contributed by atoms with Crippen molar-refractivity contribution in [1.29, 1.82) is 0 Å². The highest BCUT2D eigenvalue weighted by atomic mass is 16.2. The number of amides is 2.